The van der Waals surface area contributed by atoms with Gasteiger partial charge in [-0.05, 0) is 19.9 Å². The monoisotopic (exact) mass is 257 g/mol. The van der Waals surface area contributed by atoms with E-state index in [1.54, 1.807) is 13.8 Å². The second-order valence-corrected chi connectivity index (χ2v) is 5.16. The summed E-state index contributed by atoms with van der Waals surface area (Å²) in [6.45, 7) is 3.31. The summed E-state index contributed by atoms with van der Waals surface area (Å²) in [7, 11) is -3.78. The van der Waals surface area contributed by atoms with Gasteiger partial charge in [-0.1, -0.05) is 18.2 Å². The number of carboxylic acids is 1. The first-order valence-electron chi connectivity index (χ1n) is 4.92. The molecule has 0 unspecified atom stereocenters. The van der Waals surface area contributed by atoms with Gasteiger partial charge < -0.3 is 9.90 Å². The topological polar surface area (TPSA) is 98.3 Å². The molecular formula is C10H13N2O4S-. The lowest BCUT2D eigenvalue weighted by atomic mass is 10.2. The Hall–Kier alpha value is -1.60. The van der Waals surface area contributed by atoms with Gasteiger partial charge in [0.05, 0.1) is 11.7 Å². The molecule has 94 valence electrons. The zero-order chi connectivity index (χ0) is 13.1. The molecule has 0 fully saturated rings. The normalized spacial score (nSPS) is 11.5. The average Bonchev–Trinajstić information content (AvgIpc) is 2.14. The van der Waals surface area contributed by atoms with Crippen molar-refractivity contribution < 1.29 is 18.3 Å². The SMILES string of the molecule is CC(C)NS(=O)(=O)Nc1ccccc1C(=O)[O-]. The van der Waals surface area contributed by atoms with Crippen molar-refractivity contribution in [3.63, 3.8) is 0 Å². The molecule has 0 bridgehead atoms. The molecule has 17 heavy (non-hydrogen) atoms. The third-order valence-electron chi connectivity index (χ3n) is 1.78. The minimum absolute atomic E-state index is 0.0272. The molecule has 1 aromatic rings. The fraction of sp³-hybridized carbons (Fsp3) is 0.300. The highest BCUT2D eigenvalue weighted by molar-refractivity contribution is 7.90. The Labute approximate surface area is 99.8 Å². The predicted octanol–water partition coefficient (Wildman–Crippen LogP) is -0.295. The summed E-state index contributed by atoms with van der Waals surface area (Å²) >= 11 is 0. The molecule has 6 nitrogen and oxygen atoms in total. The van der Waals surface area contributed by atoms with E-state index in [1.807, 2.05) is 0 Å². The average molecular weight is 257 g/mol. The molecule has 0 aromatic heterocycles. The third kappa shape index (κ3) is 4.04. The van der Waals surface area contributed by atoms with Gasteiger partial charge in [0, 0.05) is 11.6 Å². The van der Waals surface area contributed by atoms with Crippen molar-refractivity contribution in [2.75, 3.05) is 4.72 Å². The van der Waals surface area contributed by atoms with E-state index >= 15 is 0 Å². The lowest BCUT2D eigenvalue weighted by Gasteiger charge is -2.14. The molecule has 0 atom stereocenters. The van der Waals surface area contributed by atoms with Crippen LogP contribution in [-0.2, 0) is 10.2 Å². The predicted molar refractivity (Wildman–Crippen MR) is 61.6 cm³/mol. The second-order valence-electron chi connectivity index (χ2n) is 3.71. The summed E-state index contributed by atoms with van der Waals surface area (Å²) in [5, 5.41) is 10.8. The molecule has 0 aliphatic carbocycles. The van der Waals surface area contributed by atoms with Crippen LogP contribution >= 0.6 is 0 Å². The molecule has 0 spiro atoms. The quantitative estimate of drug-likeness (QED) is 0.757. The van der Waals surface area contributed by atoms with Gasteiger partial charge in [-0.2, -0.15) is 13.1 Å². The molecule has 0 aliphatic rings. The largest absolute Gasteiger partial charge is 0.545 e. The highest BCUT2D eigenvalue weighted by atomic mass is 32.2. The van der Waals surface area contributed by atoms with E-state index in [1.165, 1.54) is 24.3 Å². The van der Waals surface area contributed by atoms with Gasteiger partial charge in [0.2, 0.25) is 0 Å². The summed E-state index contributed by atoms with van der Waals surface area (Å²) in [6, 6.07) is 5.34. The van der Waals surface area contributed by atoms with Gasteiger partial charge in [0.15, 0.2) is 0 Å². The van der Waals surface area contributed by atoms with Crippen molar-refractivity contribution in [2.45, 2.75) is 19.9 Å². The Morgan fingerprint density at radius 3 is 2.41 bits per heavy atom. The van der Waals surface area contributed by atoms with Crippen LogP contribution in [0.2, 0.25) is 0 Å². The van der Waals surface area contributed by atoms with Crippen LogP contribution in [0.25, 0.3) is 0 Å². The zero-order valence-corrected chi connectivity index (χ0v) is 10.2. The molecule has 2 N–H and O–H groups in total. The molecule has 1 aromatic carbocycles. The van der Waals surface area contributed by atoms with E-state index in [2.05, 4.69) is 9.44 Å². The highest BCUT2D eigenvalue weighted by Crippen LogP contribution is 2.15. The molecule has 0 amide bonds. The maximum atomic E-state index is 11.5. The van der Waals surface area contributed by atoms with Crippen molar-refractivity contribution in [3.05, 3.63) is 29.8 Å². The molecule has 1 rings (SSSR count). The Morgan fingerprint density at radius 1 is 1.29 bits per heavy atom. The number of nitrogens with one attached hydrogen (secondary N) is 2. The van der Waals surface area contributed by atoms with Gasteiger partial charge in [-0.3, -0.25) is 4.72 Å². The van der Waals surface area contributed by atoms with Gasteiger partial charge in [-0.15, -0.1) is 0 Å². The maximum absolute atomic E-state index is 11.5. The number of hydrogen-bond acceptors (Lipinski definition) is 4. The molecule has 0 aliphatic heterocycles. The van der Waals surface area contributed by atoms with Crippen LogP contribution in [0.1, 0.15) is 24.2 Å². The number of para-hydroxylation sites is 1. The van der Waals surface area contributed by atoms with Crippen LogP contribution in [0.5, 0.6) is 0 Å². The summed E-state index contributed by atoms with van der Waals surface area (Å²) < 4.78 is 27.5. The van der Waals surface area contributed by atoms with E-state index in [0.29, 0.717) is 0 Å². The van der Waals surface area contributed by atoms with E-state index in [0.717, 1.165) is 0 Å². The lowest BCUT2D eigenvalue weighted by Crippen LogP contribution is -2.36. The second kappa shape index (κ2) is 5.15. The van der Waals surface area contributed by atoms with E-state index < -0.39 is 16.2 Å². The zero-order valence-electron chi connectivity index (χ0n) is 9.43. The third-order valence-corrected chi connectivity index (χ3v) is 3.05. The summed E-state index contributed by atoms with van der Waals surface area (Å²) in [4.78, 5) is 10.8. The van der Waals surface area contributed by atoms with Gasteiger partial charge in [0.1, 0.15) is 0 Å². The van der Waals surface area contributed by atoms with Gasteiger partial charge in [-0.25, -0.2) is 0 Å². The minimum Gasteiger partial charge on any atom is -0.545 e. The van der Waals surface area contributed by atoms with E-state index in [9.17, 15) is 18.3 Å². The lowest BCUT2D eigenvalue weighted by molar-refractivity contribution is -0.254. The van der Waals surface area contributed by atoms with Crippen molar-refractivity contribution in [2.24, 2.45) is 0 Å². The fourth-order valence-corrected chi connectivity index (χ4v) is 2.38. The number of rotatable bonds is 5. The Bertz CT molecular complexity index is 511. The van der Waals surface area contributed by atoms with Gasteiger partial charge in [0.25, 0.3) is 10.2 Å². The Kier molecular flexibility index (Phi) is 4.08. The van der Waals surface area contributed by atoms with Crippen LogP contribution in [0, 0.1) is 0 Å². The number of carbonyl (C=O) groups excluding carboxylic acids is 1. The minimum atomic E-state index is -3.78. The summed E-state index contributed by atoms with van der Waals surface area (Å²) in [5.74, 6) is -1.44. The number of carbonyl (C=O) groups is 1. The van der Waals surface area contributed by atoms with Gasteiger partial charge >= 0.3 is 0 Å². The Balaban J connectivity index is 3.00. The fourth-order valence-electron chi connectivity index (χ4n) is 1.23. The molecule has 0 heterocycles. The molecular weight excluding hydrogens is 244 g/mol. The van der Waals surface area contributed by atoms with Crippen molar-refractivity contribution in [1.29, 1.82) is 0 Å². The standard InChI is InChI=1S/C10H14N2O4S/c1-7(2)11-17(15,16)12-9-6-4-3-5-8(9)10(13)14/h3-7,11-12H,1-2H3,(H,13,14)/p-1. The molecule has 7 heteroatoms. The smallest absolute Gasteiger partial charge is 0.299 e. The molecule has 0 saturated carbocycles. The first-order valence-corrected chi connectivity index (χ1v) is 6.40. The molecule has 0 saturated heterocycles. The van der Waals surface area contributed by atoms with Crippen LogP contribution in [-0.4, -0.2) is 20.4 Å². The number of aromatic carboxylic acids is 1. The highest BCUT2D eigenvalue weighted by Gasteiger charge is 2.13. The number of anilines is 1. The number of hydrogen-bond donors (Lipinski definition) is 2. The Morgan fingerprint density at radius 2 is 1.88 bits per heavy atom. The summed E-state index contributed by atoms with van der Waals surface area (Å²) in [5.41, 5.74) is -0.234. The van der Waals surface area contributed by atoms with Crippen LogP contribution in [0.15, 0.2) is 24.3 Å². The van der Waals surface area contributed by atoms with E-state index in [4.69, 9.17) is 0 Å². The molecule has 0 radical (unpaired) electrons. The maximum Gasteiger partial charge on any atom is 0.299 e. The summed E-state index contributed by atoms with van der Waals surface area (Å²) in [6.07, 6.45) is 0. The van der Waals surface area contributed by atoms with Crippen molar-refractivity contribution in [1.82, 2.24) is 4.72 Å². The van der Waals surface area contributed by atoms with Crippen LogP contribution in [0.3, 0.4) is 0 Å². The van der Waals surface area contributed by atoms with Crippen molar-refractivity contribution >= 4 is 21.9 Å². The van der Waals surface area contributed by atoms with Crippen LogP contribution < -0.4 is 14.6 Å². The van der Waals surface area contributed by atoms with E-state index in [-0.39, 0.29) is 17.3 Å². The number of benzene rings is 1. The number of carboxylic acid groups (broad SMARTS) is 1. The first kappa shape index (κ1) is 13.5. The first-order chi connectivity index (χ1) is 7.82. The van der Waals surface area contributed by atoms with Crippen LogP contribution in [0.4, 0.5) is 5.69 Å². The van der Waals surface area contributed by atoms with Crippen molar-refractivity contribution in [3.8, 4) is 0 Å².